The third-order valence-electron chi connectivity index (χ3n) is 3.51. The number of benzene rings is 2. The van der Waals surface area contributed by atoms with Gasteiger partial charge in [0.05, 0.1) is 13.3 Å². The molecule has 0 amide bonds. The van der Waals surface area contributed by atoms with E-state index in [0.717, 1.165) is 5.69 Å². The predicted octanol–water partition coefficient (Wildman–Crippen LogP) is 2.82. The van der Waals surface area contributed by atoms with E-state index in [1.807, 2.05) is 30.3 Å². The van der Waals surface area contributed by atoms with Crippen LogP contribution in [-0.4, -0.2) is 40.4 Å². The highest BCUT2D eigenvalue weighted by Gasteiger charge is 2.07. The van der Waals surface area contributed by atoms with Crippen molar-refractivity contribution in [3.63, 3.8) is 0 Å². The van der Waals surface area contributed by atoms with E-state index in [4.69, 9.17) is 4.74 Å². The standard InChI is InChI=1S/C18H19N7O2/c1-19-16-22-17(21-13-8-4-3-5-9-13)24-18(23-16)25-20-11-12-7-6-10-14(27-2)15(12)26/h3-11,26H,1-2H3,(H3,19,21,22,23,24,25)/b20-11-. The minimum atomic E-state index is 0.00328. The Morgan fingerprint density at radius 3 is 2.44 bits per heavy atom. The highest BCUT2D eigenvalue weighted by atomic mass is 16.5. The highest BCUT2D eigenvalue weighted by Crippen LogP contribution is 2.28. The van der Waals surface area contributed by atoms with Crippen LogP contribution in [-0.2, 0) is 0 Å². The molecule has 0 bridgehead atoms. The Bertz CT molecular complexity index is 932. The van der Waals surface area contributed by atoms with E-state index in [1.54, 1.807) is 25.2 Å². The molecule has 9 heteroatoms. The molecule has 3 aromatic rings. The number of nitrogens with one attached hydrogen (secondary N) is 3. The third-order valence-corrected chi connectivity index (χ3v) is 3.51. The number of ether oxygens (including phenoxy) is 1. The van der Waals surface area contributed by atoms with Gasteiger partial charge < -0.3 is 20.5 Å². The second-order valence-corrected chi connectivity index (χ2v) is 5.32. The normalized spacial score (nSPS) is 10.6. The fourth-order valence-corrected chi connectivity index (χ4v) is 2.21. The molecule has 0 fully saturated rings. The molecule has 0 aliphatic heterocycles. The van der Waals surface area contributed by atoms with Crippen molar-refractivity contribution in [3.8, 4) is 11.5 Å². The molecule has 4 N–H and O–H groups in total. The van der Waals surface area contributed by atoms with Crippen molar-refractivity contribution in [1.82, 2.24) is 15.0 Å². The van der Waals surface area contributed by atoms with E-state index in [9.17, 15) is 5.11 Å². The summed E-state index contributed by atoms with van der Waals surface area (Å²) in [6.07, 6.45) is 1.45. The number of rotatable bonds is 7. The minimum Gasteiger partial charge on any atom is -0.504 e. The molecule has 0 aliphatic rings. The number of hydrazone groups is 1. The number of hydrogen-bond donors (Lipinski definition) is 4. The zero-order valence-corrected chi connectivity index (χ0v) is 14.8. The Labute approximate surface area is 156 Å². The first-order valence-corrected chi connectivity index (χ1v) is 8.10. The van der Waals surface area contributed by atoms with Gasteiger partial charge >= 0.3 is 0 Å². The molecule has 1 aromatic heterocycles. The summed E-state index contributed by atoms with van der Waals surface area (Å²) in [7, 11) is 3.20. The Morgan fingerprint density at radius 1 is 0.963 bits per heavy atom. The summed E-state index contributed by atoms with van der Waals surface area (Å²) in [6, 6.07) is 14.7. The molecule has 2 aromatic carbocycles. The molecule has 138 valence electrons. The summed E-state index contributed by atoms with van der Waals surface area (Å²) in [5, 5.41) is 20.1. The average molecular weight is 365 g/mol. The Kier molecular flexibility index (Phi) is 5.63. The first-order chi connectivity index (χ1) is 13.2. The monoisotopic (exact) mass is 365 g/mol. The van der Waals surface area contributed by atoms with Crippen LogP contribution in [0, 0.1) is 0 Å². The third kappa shape index (κ3) is 4.60. The van der Waals surface area contributed by atoms with Gasteiger partial charge in [-0.1, -0.05) is 24.3 Å². The number of phenolic OH excluding ortho intramolecular Hbond substituents is 1. The van der Waals surface area contributed by atoms with E-state index in [1.165, 1.54) is 13.3 Å². The largest absolute Gasteiger partial charge is 0.504 e. The Morgan fingerprint density at radius 2 is 1.70 bits per heavy atom. The summed E-state index contributed by atoms with van der Waals surface area (Å²) in [6.45, 7) is 0. The van der Waals surface area contributed by atoms with Gasteiger partial charge in [-0.25, -0.2) is 5.43 Å². The summed E-state index contributed by atoms with van der Waals surface area (Å²) < 4.78 is 5.07. The van der Waals surface area contributed by atoms with E-state index in [2.05, 4.69) is 36.1 Å². The Hall–Kier alpha value is -3.88. The van der Waals surface area contributed by atoms with Crippen LogP contribution in [0.3, 0.4) is 0 Å². The van der Waals surface area contributed by atoms with Crippen LogP contribution in [0.2, 0.25) is 0 Å². The fourth-order valence-electron chi connectivity index (χ4n) is 2.21. The lowest BCUT2D eigenvalue weighted by molar-refractivity contribution is 0.373. The maximum Gasteiger partial charge on any atom is 0.250 e. The number of hydrogen-bond acceptors (Lipinski definition) is 9. The topological polar surface area (TPSA) is 117 Å². The smallest absolute Gasteiger partial charge is 0.250 e. The average Bonchev–Trinajstić information content (AvgIpc) is 2.70. The van der Waals surface area contributed by atoms with Gasteiger partial charge in [-0.05, 0) is 24.3 Å². The molecule has 0 saturated heterocycles. The van der Waals surface area contributed by atoms with Gasteiger partial charge in [0.1, 0.15) is 0 Å². The number of aromatic nitrogens is 3. The SMILES string of the molecule is CNc1nc(N/N=C\c2cccc(OC)c2O)nc(Nc2ccccc2)n1. The molecule has 0 saturated carbocycles. The second-order valence-electron chi connectivity index (χ2n) is 5.32. The summed E-state index contributed by atoms with van der Waals surface area (Å²) in [5.74, 6) is 1.36. The van der Waals surface area contributed by atoms with Gasteiger partial charge in [0.15, 0.2) is 11.5 Å². The van der Waals surface area contributed by atoms with Gasteiger partial charge in [0, 0.05) is 18.3 Å². The molecular formula is C18H19N7O2. The van der Waals surface area contributed by atoms with E-state index in [0.29, 0.717) is 23.2 Å². The lowest BCUT2D eigenvalue weighted by atomic mass is 10.2. The Balaban J connectivity index is 1.77. The molecule has 0 atom stereocenters. The van der Waals surface area contributed by atoms with Gasteiger partial charge in [-0.15, -0.1) is 0 Å². The van der Waals surface area contributed by atoms with Crippen LogP contribution in [0.5, 0.6) is 11.5 Å². The molecule has 0 spiro atoms. The van der Waals surface area contributed by atoms with Crippen molar-refractivity contribution in [2.75, 3.05) is 30.2 Å². The van der Waals surface area contributed by atoms with Gasteiger partial charge in [0.2, 0.25) is 17.8 Å². The fraction of sp³-hybridized carbons (Fsp3) is 0.111. The van der Waals surface area contributed by atoms with Gasteiger partial charge in [0.25, 0.3) is 0 Å². The van der Waals surface area contributed by atoms with Crippen molar-refractivity contribution in [2.45, 2.75) is 0 Å². The summed E-state index contributed by atoms with van der Waals surface area (Å²) >= 11 is 0. The number of nitrogens with zero attached hydrogens (tertiary/aromatic N) is 4. The lowest BCUT2D eigenvalue weighted by Gasteiger charge is -2.08. The molecule has 27 heavy (non-hydrogen) atoms. The first kappa shape index (κ1) is 17.9. The number of phenols is 1. The van der Waals surface area contributed by atoms with Crippen molar-refractivity contribution in [1.29, 1.82) is 0 Å². The van der Waals surface area contributed by atoms with Crippen LogP contribution in [0.4, 0.5) is 23.5 Å². The lowest BCUT2D eigenvalue weighted by Crippen LogP contribution is -2.07. The van der Waals surface area contributed by atoms with Gasteiger partial charge in [-0.3, -0.25) is 0 Å². The zero-order valence-electron chi connectivity index (χ0n) is 14.8. The van der Waals surface area contributed by atoms with Crippen molar-refractivity contribution in [3.05, 3.63) is 54.1 Å². The van der Waals surface area contributed by atoms with Crippen LogP contribution in [0.1, 0.15) is 5.56 Å². The van der Waals surface area contributed by atoms with E-state index >= 15 is 0 Å². The molecule has 0 aliphatic carbocycles. The molecule has 0 radical (unpaired) electrons. The molecule has 3 rings (SSSR count). The highest BCUT2D eigenvalue weighted by molar-refractivity contribution is 5.85. The van der Waals surface area contributed by atoms with Crippen LogP contribution < -0.4 is 20.8 Å². The molecule has 0 unspecified atom stereocenters. The van der Waals surface area contributed by atoms with Gasteiger partial charge in [-0.2, -0.15) is 20.1 Å². The van der Waals surface area contributed by atoms with E-state index in [-0.39, 0.29) is 11.7 Å². The van der Waals surface area contributed by atoms with Crippen molar-refractivity contribution >= 4 is 29.7 Å². The van der Waals surface area contributed by atoms with Crippen LogP contribution in [0.25, 0.3) is 0 Å². The summed E-state index contributed by atoms with van der Waals surface area (Å²) in [4.78, 5) is 12.7. The number of aromatic hydroxyl groups is 1. The second kappa shape index (κ2) is 8.48. The molecule has 1 heterocycles. The maximum atomic E-state index is 10.1. The first-order valence-electron chi connectivity index (χ1n) is 8.10. The van der Waals surface area contributed by atoms with Crippen molar-refractivity contribution in [2.24, 2.45) is 5.10 Å². The number of anilines is 4. The minimum absolute atomic E-state index is 0.00328. The predicted molar refractivity (Wildman–Crippen MR) is 105 cm³/mol. The maximum absolute atomic E-state index is 10.1. The summed E-state index contributed by atoms with van der Waals surface area (Å²) in [5.41, 5.74) is 4.08. The van der Waals surface area contributed by atoms with E-state index < -0.39 is 0 Å². The molecule has 9 nitrogen and oxygen atoms in total. The van der Waals surface area contributed by atoms with Crippen LogP contribution in [0.15, 0.2) is 53.6 Å². The number of methoxy groups -OCH3 is 1. The quantitative estimate of drug-likeness (QED) is 0.373. The van der Waals surface area contributed by atoms with Crippen LogP contribution >= 0.6 is 0 Å². The van der Waals surface area contributed by atoms with Crippen molar-refractivity contribution < 1.29 is 9.84 Å². The zero-order chi connectivity index (χ0) is 19.1. The number of para-hydroxylation sites is 2. The molecular weight excluding hydrogens is 346 g/mol.